The third kappa shape index (κ3) is 3.76. The molecule has 3 aliphatic rings. The van der Waals surface area contributed by atoms with Crippen molar-refractivity contribution in [3.05, 3.63) is 59.2 Å². The number of hydrogen-bond donors (Lipinski definition) is 1. The maximum absolute atomic E-state index is 12.9. The largest absolute Gasteiger partial charge is 0.493 e. The fourth-order valence-electron chi connectivity index (χ4n) is 4.42. The lowest BCUT2D eigenvalue weighted by Gasteiger charge is -2.24. The van der Waals surface area contributed by atoms with Gasteiger partial charge in [-0.1, -0.05) is 30.3 Å². The minimum absolute atomic E-state index is 0. The molecule has 5 heteroatoms. The van der Waals surface area contributed by atoms with Gasteiger partial charge in [0.25, 0.3) is 0 Å². The first-order valence-corrected chi connectivity index (χ1v) is 10.2. The molecule has 1 aliphatic carbocycles. The smallest absolute Gasteiger partial charge is 0.241 e. The molecule has 2 aromatic rings. The number of ether oxygens (including phenoxy) is 1. The van der Waals surface area contributed by atoms with E-state index in [2.05, 4.69) is 40.5 Å². The Balaban J connectivity index is 0.00000120. The van der Waals surface area contributed by atoms with Gasteiger partial charge in [0.15, 0.2) is 0 Å². The Bertz CT molecular complexity index is 854. The SMILES string of the molecule is F.O=C(Nc1ccc(C2CC2)cc1)[C@H]1CCCN1Cc1cccc2c1OCC2.[HH]. The van der Waals surface area contributed by atoms with Gasteiger partial charge in [0.05, 0.1) is 12.6 Å². The summed E-state index contributed by atoms with van der Waals surface area (Å²) >= 11 is 0. The van der Waals surface area contributed by atoms with E-state index in [9.17, 15) is 4.79 Å². The second-order valence-electron chi connectivity index (χ2n) is 8.02. The van der Waals surface area contributed by atoms with Crippen LogP contribution >= 0.6 is 0 Å². The lowest BCUT2D eigenvalue weighted by atomic mass is 10.1. The number of benzene rings is 2. The fraction of sp³-hybridized carbons (Fsp3) is 0.435. The lowest BCUT2D eigenvalue weighted by Crippen LogP contribution is -2.39. The normalized spacial score (nSPS) is 20.9. The van der Waals surface area contributed by atoms with Crippen molar-refractivity contribution in [3.63, 3.8) is 0 Å². The summed E-state index contributed by atoms with van der Waals surface area (Å²) in [5.74, 6) is 1.90. The summed E-state index contributed by atoms with van der Waals surface area (Å²) in [5.41, 5.74) is 4.80. The fourth-order valence-corrected chi connectivity index (χ4v) is 4.42. The molecule has 1 atom stereocenters. The van der Waals surface area contributed by atoms with Crippen LogP contribution in [-0.2, 0) is 17.8 Å². The monoisotopic (exact) mass is 384 g/mol. The van der Waals surface area contributed by atoms with Crippen molar-refractivity contribution in [1.29, 1.82) is 0 Å². The van der Waals surface area contributed by atoms with Crippen LogP contribution in [-0.4, -0.2) is 30.0 Å². The topological polar surface area (TPSA) is 41.6 Å². The van der Waals surface area contributed by atoms with Crippen LogP contribution < -0.4 is 10.1 Å². The Morgan fingerprint density at radius 3 is 2.75 bits per heavy atom. The van der Waals surface area contributed by atoms with Crippen LogP contribution in [0.15, 0.2) is 42.5 Å². The predicted molar refractivity (Wildman–Crippen MR) is 111 cm³/mol. The number of halogens is 1. The molecule has 5 rings (SSSR count). The van der Waals surface area contributed by atoms with Crippen molar-refractivity contribution in [2.24, 2.45) is 0 Å². The molecule has 0 spiro atoms. The van der Waals surface area contributed by atoms with E-state index in [4.69, 9.17) is 4.74 Å². The van der Waals surface area contributed by atoms with Crippen LogP contribution in [0.25, 0.3) is 0 Å². The zero-order chi connectivity index (χ0) is 18.2. The zero-order valence-corrected chi connectivity index (χ0v) is 16.0. The van der Waals surface area contributed by atoms with Crippen molar-refractivity contribution in [1.82, 2.24) is 4.90 Å². The summed E-state index contributed by atoms with van der Waals surface area (Å²) < 4.78 is 5.84. The molecular formula is C23H29FN2O2. The molecule has 1 N–H and O–H groups in total. The van der Waals surface area contributed by atoms with Crippen molar-refractivity contribution < 1.29 is 15.7 Å². The molecule has 1 saturated carbocycles. The summed E-state index contributed by atoms with van der Waals surface area (Å²) in [5, 5.41) is 3.13. The number of amides is 1. The van der Waals surface area contributed by atoms with E-state index in [1.54, 1.807) is 0 Å². The number of para-hydroxylation sites is 1. The number of fused-ring (bicyclic) bond motifs is 1. The molecule has 0 unspecified atom stereocenters. The maximum atomic E-state index is 12.9. The number of rotatable bonds is 5. The molecule has 2 aliphatic heterocycles. The van der Waals surface area contributed by atoms with Gasteiger partial charge in [0.2, 0.25) is 5.91 Å². The zero-order valence-electron chi connectivity index (χ0n) is 16.0. The average molecular weight is 384 g/mol. The minimum Gasteiger partial charge on any atom is -0.493 e. The molecule has 1 amide bonds. The number of nitrogens with zero attached hydrogens (tertiary/aromatic N) is 1. The van der Waals surface area contributed by atoms with E-state index in [0.717, 1.165) is 56.3 Å². The molecule has 1 saturated heterocycles. The van der Waals surface area contributed by atoms with Gasteiger partial charge in [-0.15, -0.1) is 0 Å². The second kappa shape index (κ2) is 7.92. The highest BCUT2D eigenvalue weighted by molar-refractivity contribution is 5.95. The van der Waals surface area contributed by atoms with Crippen LogP contribution in [0.4, 0.5) is 10.4 Å². The molecule has 2 fully saturated rings. The van der Waals surface area contributed by atoms with Crippen LogP contribution in [0.1, 0.15) is 49.7 Å². The average Bonchev–Trinajstić information content (AvgIpc) is 3.23. The van der Waals surface area contributed by atoms with E-state index in [0.29, 0.717) is 0 Å². The summed E-state index contributed by atoms with van der Waals surface area (Å²) in [6, 6.07) is 14.7. The van der Waals surface area contributed by atoms with Gasteiger partial charge in [-0.3, -0.25) is 14.4 Å². The van der Waals surface area contributed by atoms with E-state index in [1.807, 2.05) is 12.1 Å². The summed E-state index contributed by atoms with van der Waals surface area (Å²) in [4.78, 5) is 15.2. The molecule has 4 nitrogen and oxygen atoms in total. The number of hydrogen-bond acceptors (Lipinski definition) is 3. The highest BCUT2D eigenvalue weighted by atomic mass is 19.0. The van der Waals surface area contributed by atoms with Crippen LogP contribution in [0.2, 0.25) is 0 Å². The number of anilines is 1. The van der Waals surface area contributed by atoms with Crippen molar-refractivity contribution in [2.75, 3.05) is 18.5 Å². The Kier molecular flexibility index (Phi) is 5.36. The second-order valence-corrected chi connectivity index (χ2v) is 8.02. The first-order valence-electron chi connectivity index (χ1n) is 10.2. The highest BCUT2D eigenvalue weighted by Crippen LogP contribution is 2.40. The van der Waals surface area contributed by atoms with E-state index < -0.39 is 0 Å². The van der Waals surface area contributed by atoms with E-state index in [1.165, 1.54) is 29.5 Å². The standard InChI is InChI=1S/C23H26N2O2.FH.H2/c26-23(24-20-10-8-17(9-11-20)16-6-7-16)21-5-2-13-25(21)15-19-4-1-3-18-12-14-27-22(18)19;;/h1,3-4,8-11,16,21H,2,5-7,12-15H2,(H,24,26);2*1H/t21-;;/m1../s1. The van der Waals surface area contributed by atoms with Gasteiger partial charge in [-0.25, -0.2) is 0 Å². The molecule has 28 heavy (non-hydrogen) atoms. The van der Waals surface area contributed by atoms with Gasteiger partial charge in [-0.2, -0.15) is 0 Å². The molecule has 0 bridgehead atoms. The molecule has 0 aromatic heterocycles. The lowest BCUT2D eigenvalue weighted by molar-refractivity contribution is -0.120. The predicted octanol–water partition coefficient (Wildman–Crippen LogP) is 4.50. The van der Waals surface area contributed by atoms with Crippen molar-refractivity contribution in [3.8, 4) is 5.75 Å². The number of carbonyl (C=O) groups is 1. The van der Waals surface area contributed by atoms with Gasteiger partial charge in [-0.05, 0) is 61.4 Å². The van der Waals surface area contributed by atoms with E-state index in [-0.39, 0.29) is 18.1 Å². The third-order valence-corrected chi connectivity index (χ3v) is 6.06. The number of likely N-dealkylation sites (tertiary alicyclic amines) is 1. The van der Waals surface area contributed by atoms with Gasteiger partial charge in [0.1, 0.15) is 5.75 Å². The molecule has 150 valence electrons. The first-order chi connectivity index (χ1) is 13.3. The van der Waals surface area contributed by atoms with Gasteiger partial charge in [0, 0.05) is 25.6 Å². The molecule has 2 heterocycles. The quantitative estimate of drug-likeness (QED) is 0.825. The molecule has 2 aromatic carbocycles. The Morgan fingerprint density at radius 2 is 1.96 bits per heavy atom. The van der Waals surface area contributed by atoms with Crippen molar-refractivity contribution >= 4 is 11.6 Å². The van der Waals surface area contributed by atoms with Gasteiger partial charge < -0.3 is 10.1 Å². The molecule has 0 radical (unpaired) electrons. The highest BCUT2D eigenvalue weighted by Gasteiger charge is 2.32. The summed E-state index contributed by atoms with van der Waals surface area (Å²) in [6.07, 6.45) is 5.58. The maximum Gasteiger partial charge on any atom is 0.241 e. The van der Waals surface area contributed by atoms with Crippen LogP contribution in [0.5, 0.6) is 5.75 Å². The van der Waals surface area contributed by atoms with Crippen molar-refractivity contribution in [2.45, 2.75) is 50.6 Å². The first kappa shape index (κ1) is 18.9. The van der Waals surface area contributed by atoms with Crippen LogP contribution in [0.3, 0.4) is 0 Å². The summed E-state index contributed by atoms with van der Waals surface area (Å²) in [6.45, 7) is 2.51. The van der Waals surface area contributed by atoms with Crippen LogP contribution in [0, 0.1) is 0 Å². The Morgan fingerprint density at radius 1 is 1.14 bits per heavy atom. The summed E-state index contributed by atoms with van der Waals surface area (Å²) in [7, 11) is 0. The number of nitrogens with one attached hydrogen (secondary N) is 1. The Hall–Kier alpha value is -2.40. The number of carbonyl (C=O) groups excluding carboxylic acids is 1. The third-order valence-electron chi connectivity index (χ3n) is 6.06. The Labute approximate surface area is 166 Å². The minimum atomic E-state index is -0.0645. The van der Waals surface area contributed by atoms with Gasteiger partial charge >= 0.3 is 0 Å². The van der Waals surface area contributed by atoms with E-state index >= 15 is 0 Å². The molecular weight excluding hydrogens is 355 g/mol.